The van der Waals surface area contributed by atoms with Crippen LogP contribution < -0.4 is 10.1 Å². The SMILES string of the molecule is C=C1/C(=C\C=C2/CCC[C@]3(C)[C@@H]([C@H](C)CCCC(C)(C)O)CC[C@@H]23)C[C@@H](O)C[C@@H]1NC(=O)c1ccc(OC)cc1. The molecule has 3 saturated carbocycles. The third-order valence-corrected chi connectivity index (χ3v) is 10.1. The Morgan fingerprint density at radius 3 is 2.65 bits per heavy atom. The molecule has 0 aromatic heterocycles. The van der Waals surface area contributed by atoms with Crippen molar-refractivity contribution in [2.24, 2.45) is 23.2 Å². The second-order valence-electron chi connectivity index (χ2n) is 13.6. The van der Waals surface area contributed by atoms with Gasteiger partial charge in [-0.1, -0.05) is 51.0 Å². The monoisotopic (exact) mass is 549 g/mol. The Kier molecular flexibility index (Phi) is 9.67. The van der Waals surface area contributed by atoms with Crippen LogP contribution in [0.4, 0.5) is 0 Å². The molecule has 0 radical (unpaired) electrons. The Balaban J connectivity index is 1.44. The molecular weight excluding hydrogens is 498 g/mol. The second-order valence-corrected chi connectivity index (χ2v) is 13.6. The minimum Gasteiger partial charge on any atom is -0.497 e. The van der Waals surface area contributed by atoms with Gasteiger partial charge >= 0.3 is 0 Å². The number of hydrogen-bond acceptors (Lipinski definition) is 4. The second kappa shape index (κ2) is 12.7. The van der Waals surface area contributed by atoms with Crippen LogP contribution in [0.1, 0.15) is 102 Å². The fraction of sp³-hybridized carbons (Fsp3) is 0.629. The lowest BCUT2D eigenvalue weighted by Crippen LogP contribution is -2.41. The average molecular weight is 550 g/mol. The lowest BCUT2D eigenvalue weighted by molar-refractivity contribution is 0.0596. The van der Waals surface area contributed by atoms with Crippen molar-refractivity contribution < 1.29 is 19.7 Å². The summed E-state index contributed by atoms with van der Waals surface area (Å²) in [6, 6.07) is 6.76. The van der Waals surface area contributed by atoms with E-state index in [1.165, 1.54) is 32.1 Å². The molecule has 6 atom stereocenters. The molecule has 3 N–H and O–H groups in total. The van der Waals surface area contributed by atoms with Crippen LogP contribution in [0.3, 0.4) is 0 Å². The molecule has 0 heterocycles. The molecule has 5 nitrogen and oxygen atoms in total. The van der Waals surface area contributed by atoms with Crippen LogP contribution in [0, 0.1) is 23.2 Å². The first-order valence-corrected chi connectivity index (χ1v) is 15.4. The van der Waals surface area contributed by atoms with Crippen LogP contribution in [0.2, 0.25) is 0 Å². The van der Waals surface area contributed by atoms with Gasteiger partial charge in [0, 0.05) is 5.56 Å². The Labute approximate surface area is 241 Å². The molecule has 0 saturated heterocycles. The molecule has 0 unspecified atom stereocenters. The topological polar surface area (TPSA) is 78.8 Å². The van der Waals surface area contributed by atoms with E-state index in [0.717, 1.165) is 36.3 Å². The highest BCUT2D eigenvalue weighted by molar-refractivity contribution is 5.94. The van der Waals surface area contributed by atoms with Gasteiger partial charge in [-0.2, -0.15) is 0 Å². The van der Waals surface area contributed by atoms with Crippen molar-refractivity contribution in [1.82, 2.24) is 5.32 Å². The van der Waals surface area contributed by atoms with E-state index in [4.69, 9.17) is 4.74 Å². The predicted octanol–water partition coefficient (Wildman–Crippen LogP) is 7.15. The smallest absolute Gasteiger partial charge is 0.251 e. The predicted molar refractivity (Wildman–Crippen MR) is 162 cm³/mol. The molecule has 5 heteroatoms. The molecule has 220 valence electrons. The molecule has 1 aromatic rings. The summed E-state index contributed by atoms with van der Waals surface area (Å²) >= 11 is 0. The standard InChI is InChI=1S/C35H51NO4/c1-23(9-7-19-34(3,4)39)30-17-18-31-25(10-8-20-35(30,31)5)11-12-27-21-28(37)22-32(24(27)2)36-33(38)26-13-15-29(40-6)16-14-26/h11-16,23,28,30-32,37,39H,2,7-10,17-22H2,1,3-6H3,(H,36,38)/b25-11+,27-12-/t23-,28-,30-,31+,32+,35-/m1/s1. The summed E-state index contributed by atoms with van der Waals surface area (Å²) in [5, 5.41) is 23.9. The van der Waals surface area contributed by atoms with E-state index >= 15 is 0 Å². The molecule has 1 aromatic carbocycles. The van der Waals surface area contributed by atoms with E-state index in [2.05, 4.69) is 37.9 Å². The maximum Gasteiger partial charge on any atom is 0.251 e. The number of amides is 1. The van der Waals surface area contributed by atoms with Crippen molar-refractivity contribution in [3.63, 3.8) is 0 Å². The summed E-state index contributed by atoms with van der Waals surface area (Å²) in [6.45, 7) is 13.1. The molecule has 40 heavy (non-hydrogen) atoms. The molecule has 3 aliphatic rings. The van der Waals surface area contributed by atoms with E-state index in [-0.39, 0.29) is 11.9 Å². The molecular formula is C35H51NO4. The fourth-order valence-corrected chi connectivity index (χ4v) is 7.89. The third kappa shape index (κ3) is 7.09. The highest BCUT2D eigenvalue weighted by atomic mass is 16.5. The molecule has 0 aliphatic heterocycles. The summed E-state index contributed by atoms with van der Waals surface area (Å²) in [4.78, 5) is 12.9. The lowest BCUT2D eigenvalue weighted by atomic mass is 9.60. The Hall–Kier alpha value is -2.37. The normalized spacial score (nSPS) is 31.7. The molecule has 4 rings (SSSR count). The molecule has 1 amide bonds. The minimum absolute atomic E-state index is 0.169. The zero-order chi connectivity index (χ0) is 29.1. The minimum atomic E-state index is -0.579. The fourth-order valence-electron chi connectivity index (χ4n) is 7.89. The summed E-state index contributed by atoms with van der Waals surface area (Å²) < 4.78 is 5.20. The molecule has 3 fully saturated rings. The number of hydrogen-bond donors (Lipinski definition) is 3. The first kappa shape index (κ1) is 30.6. The van der Waals surface area contributed by atoms with Crippen molar-refractivity contribution in [3.05, 3.63) is 65.3 Å². The number of methoxy groups -OCH3 is 1. The van der Waals surface area contributed by atoms with Gasteiger partial charge in [0.2, 0.25) is 0 Å². The number of aliphatic hydroxyl groups is 2. The quantitative estimate of drug-likeness (QED) is 0.306. The van der Waals surface area contributed by atoms with Gasteiger partial charge in [-0.05, 0) is 124 Å². The summed E-state index contributed by atoms with van der Waals surface area (Å²) in [6.07, 6.45) is 14.3. The van der Waals surface area contributed by atoms with E-state index in [0.29, 0.717) is 41.4 Å². The van der Waals surface area contributed by atoms with E-state index in [1.807, 2.05) is 13.8 Å². The average Bonchev–Trinajstić information content (AvgIpc) is 3.26. The van der Waals surface area contributed by atoms with Crippen molar-refractivity contribution in [2.45, 2.75) is 110 Å². The van der Waals surface area contributed by atoms with Crippen LogP contribution in [0.25, 0.3) is 0 Å². The van der Waals surface area contributed by atoms with Crippen LogP contribution >= 0.6 is 0 Å². The summed E-state index contributed by atoms with van der Waals surface area (Å²) in [5.41, 5.74) is 3.78. The highest BCUT2D eigenvalue weighted by Gasteiger charge is 2.50. The molecule has 3 aliphatic carbocycles. The Bertz CT molecular complexity index is 1110. The zero-order valence-corrected chi connectivity index (χ0v) is 25.3. The van der Waals surface area contributed by atoms with Crippen molar-refractivity contribution in [2.75, 3.05) is 7.11 Å². The van der Waals surface area contributed by atoms with E-state index < -0.39 is 11.7 Å². The Morgan fingerprint density at radius 1 is 1.25 bits per heavy atom. The van der Waals surface area contributed by atoms with Crippen molar-refractivity contribution in [3.8, 4) is 5.75 Å². The number of nitrogens with one attached hydrogen (secondary N) is 1. The maximum atomic E-state index is 12.9. The van der Waals surface area contributed by atoms with Crippen LogP contribution in [0.5, 0.6) is 5.75 Å². The van der Waals surface area contributed by atoms with Gasteiger partial charge in [0.25, 0.3) is 5.91 Å². The number of rotatable bonds is 9. The van der Waals surface area contributed by atoms with Gasteiger partial charge in [0.15, 0.2) is 0 Å². The number of ether oxygens (including phenoxy) is 1. The first-order chi connectivity index (χ1) is 18.9. The van der Waals surface area contributed by atoms with Crippen LogP contribution in [0.15, 0.2) is 59.7 Å². The van der Waals surface area contributed by atoms with Gasteiger partial charge in [0.1, 0.15) is 5.75 Å². The van der Waals surface area contributed by atoms with Crippen molar-refractivity contribution >= 4 is 5.91 Å². The maximum absolute atomic E-state index is 12.9. The van der Waals surface area contributed by atoms with Gasteiger partial charge < -0.3 is 20.3 Å². The van der Waals surface area contributed by atoms with Crippen molar-refractivity contribution in [1.29, 1.82) is 0 Å². The zero-order valence-electron chi connectivity index (χ0n) is 25.3. The number of carbonyl (C=O) groups excluding carboxylic acids is 1. The molecule has 0 spiro atoms. The summed E-state index contributed by atoms with van der Waals surface area (Å²) in [5.74, 6) is 2.53. The highest BCUT2D eigenvalue weighted by Crippen LogP contribution is 2.60. The van der Waals surface area contributed by atoms with Gasteiger partial charge in [-0.25, -0.2) is 0 Å². The van der Waals surface area contributed by atoms with E-state index in [1.54, 1.807) is 36.9 Å². The first-order valence-electron chi connectivity index (χ1n) is 15.4. The van der Waals surface area contributed by atoms with Gasteiger partial charge in [0.05, 0.1) is 24.9 Å². The largest absolute Gasteiger partial charge is 0.497 e. The van der Waals surface area contributed by atoms with Crippen LogP contribution in [-0.4, -0.2) is 41.0 Å². The molecule has 0 bridgehead atoms. The Morgan fingerprint density at radius 2 is 1.98 bits per heavy atom. The number of carbonyl (C=O) groups is 1. The number of allylic oxidation sites excluding steroid dienone is 3. The van der Waals surface area contributed by atoms with E-state index in [9.17, 15) is 15.0 Å². The van der Waals surface area contributed by atoms with Crippen LogP contribution in [-0.2, 0) is 0 Å². The number of benzene rings is 1. The third-order valence-electron chi connectivity index (χ3n) is 10.1. The van der Waals surface area contributed by atoms with Gasteiger partial charge in [-0.15, -0.1) is 0 Å². The number of aliphatic hydroxyl groups excluding tert-OH is 1. The summed E-state index contributed by atoms with van der Waals surface area (Å²) in [7, 11) is 1.60. The number of fused-ring (bicyclic) bond motifs is 1. The lowest BCUT2D eigenvalue weighted by Gasteiger charge is -2.44. The van der Waals surface area contributed by atoms with Gasteiger partial charge in [-0.3, -0.25) is 4.79 Å².